The zero-order valence-electron chi connectivity index (χ0n) is 7.94. The Hall–Kier alpha value is -0.640. The molecule has 1 heterocycles. The fraction of sp³-hybridized carbons (Fsp3) is 0.778. The van der Waals surface area contributed by atoms with E-state index >= 15 is 0 Å². The summed E-state index contributed by atoms with van der Waals surface area (Å²) in [5.74, 6) is 0.0584. The van der Waals surface area contributed by atoms with Crippen LogP contribution in [0.5, 0.6) is 0 Å². The van der Waals surface area contributed by atoms with Gasteiger partial charge < -0.3 is 10.6 Å². The molecule has 2 N–H and O–H groups in total. The normalized spacial score (nSPS) is 36.5. The number of nitrogens with one attached hydrogen (secondary N) is 2. The zero-order chi connectivity index (χ0) is 9.69. The molecule has 72 valence electrons. The van der Waals surface area contributed by atoms with Gasteiger partial charge in [-0.3, -0.25) is 4.79 Å². The molecule has 0 radical (unpaired) electrons. The van der Waals surface area contributed by atoms with Crippen molar-refractivity contribution in [2.75, 3.05) is 0 Å². The van der Waals surface area contributed by atoms with Crippen LogP contribution in [0.3, 0.4) is 0 Å². The highest BCUT2D eigenvalue weighted by Gasteiger charge is 2.52. The number of rotatable bonds is 0. The van der Waals surface area contributed by atoms with Crippen molar-refractivity contribution < 1.29 is 4.79 Å². The lowest BCUT2D eigenvalue weighted by Crippen LogP contribution is -2.44. The van der Waals surface area contributed by atoms with Crippen molar-refractivity contribution in [2.45, 2.75) is 38.6 Å². The van der Waals surface area contributed by atoms with E-state index in [1.807, 2.05) is 0 Å². The summed E-state index contributed by atoms with van der Waals surface area (Å²) < 4.78 is 0. The topological polar surface area (TPSA) is 41.1 Å². The second-order valence-corrected chi connectivity index (χ2v) is 5.24. The van der Waals surface area contributed by atoms with E-state index in [1.165, 1.54) is 0 Å². The summed E-state index contributed by atoms with van der Waals surface area (Å²) in [6.07, 6.45) is 2.86. The molecule has 3 nitrogen and oxygen atoms in total. The van der Waals surface area contributed by atoms with E-state index in [0.717, 1.165) is 19.3 Å². The third-order valence-electron chi connectivity index (χ3n) is 3.02. The van der Waals surface area contributed by atoms with E-state index in [4.69, 9.17) is 12.2 Å². The standard InChI is InChI=1S/C9H14N2OS/c1-8(2)3-4-9(5-8)6(12)10-7(13)11-9/h3-5H2,1-2H3,(H2,10,11,12,13). The molecule has 1 atom stereocenters. The predicted octanol–water partition coefficient (Wildman–Crippen LogP) is 0.940. The van der Waals surface area contributed by atoms with Crippen LogP contribution in [0, 0.1) is 5.41 Å². The second kappa shape index (κ2) is 2.44. The van der Waals surface area contributed by atoms with Gasteiger partial charge in [0.15, 0.2) is 5.11 Å². The highest BCUT2D eigenvalue weighted by atomic mass is 32.1. The Morgan fingerprint density at radius 3 is 2.46 bits per heavy atom. The quantitative estimate of drug-likeness (QED) is 0.569. The molecule has 1 unspecified atom stereocenters. The Morgan fingerprint density at radius 2 is 2.08 bits per heavy atom. The van der Waals surface area contributed by atoms with Gasteiger partial charge in [-0.05, 0) is 36.9 Å². The number of carbonyl (C=O) groups is 1. The molecule has 1 saturated heterocycles. The maximum atomic E-state index is 11.6. The summed E-state index contributed by atoms with van der Waals surface area (Å²) in [5.41, 5.74) is -0.134. The summed E-state index contributed by atoms with van der Waals surface area (Å²) in [4.78, 5) is 11.6. The van der Waals surface area contributed by atoms with Gasteiger partial charge in [0, 0.05) is 0 Å². The second-order valence-electron chi connectivity index (χ2n) is 4.83. The number of carbonyl (C=O) groups excluding carboxylic acids is 1. The lowest BCUT2D eigenvalue weighted by Gasteiger charge is -2.23. The van der Waals surface area contributed by atoms with Gasteiger partial charge in [-0.25, -0.2) is 0 Å². The first-order valence-electron chi connectivity index (χ1n) is 4.57. The van der Waals surface area contributed by atoms with Gasteiger partial charge in [-0.1, -0.05) is 13.8 Å². The first kappa shape index (κ1) is 8.94. The fourth-order valence-electron chi connectivity index (χ4n) is 2.37. The summed E-state index contributed by atoms with van der Waals surface area (Å²) in [6.45, 7) is 4.39. The lowest BCUT2D eigenvalue weighted by molar-refractivity contribution is -0.124. The van der Waals surface area contributed by atoms with Gasteiger partial charge in [0.25, 0.3) is 5.91 Å². The van der Waals surface area contributed by atoms with Gasteiger partial charge in [-0.15, -0.1) is 0 Å². The summed E-state index contributed by atoms with van der Waals surface area (Å²) in [6, 6.07) is 0. The molecule has 0 aromatic rings. The van der Waals surface area contributed by atoms with Crippen molar-refractivity contribution in [3.8, 4) is 0 Å². The third kappa shape index (κ3) is 1.33. The monoisotopic (exact) mass is 198 g/mol. The molecule has 0 bridgehead atoms. The minimum absolute atomic E-state index is 0.0584. The number of amides is 1. The average molecular weight is 198 g/mol. The summed E-state index contributed by atoms with van der Waals surface area (Å²) in [7, 11) is 0. The molecule has 1 amide bonds. The molecule has 1 spiro atoms. The molecule has 0 aromatic heterocycles. The molecule has 2 rings (SSSR count). The van der Waals surface area contributed by atoms with Crippen molar-refractivity contribution in [1.29, 1.82) is 0 Å². The lowest BCUT2D eigenvalue weighted by atomic mass is 9.88. The van der Waals surface area contributed by atoms with Crippen molar-refractivity contribution >= 4 is 23.2 Å². The van der Waals surface area contributed by atoms with Crippen LogP contribution < -0.4 is 10.6 Å². The molecular formula is C9H14N2OS. The highest BCUT2D eigenvalue weighted by molar-refractivity contribution is 7.80. The number of hydrogen-bond donors (Lipinski definition) is 2. The SMILES string of the molecule is CC1(C)CCC2(C1)NC(=S)NC2=O. The first-order valence-corrected chi connectivity index (χ1v) is 4.98. The molecule has 13 heavy (non-hydrogen) atoms. The van der Waals surface area contributed by atoms with Gasteiger partial charge in [0.05, 0.1) is 0 Å². The Morgan fingerprint density at radius 1 is 1.38 bits per heavy atom. The Balaban J connectivity index is 2.24. The number of thiocarbonyl (C=S) groups is 1. The molecule has 2 aliphatic rings. The van der Waals surface area contributed by atoms with Crippen LogP contribution in [0.4, 0.5) is 0 Å². The molecule has 1 aliphatic heterocycles. The van der Waals surface area contributed by atoms with E-state index in [-0.39, 0.29) is 16.9 Å². The van der Waals surface area contributed by atoms with Crippen molar-refractivity contribution in [2.24, 2.45) is 5.41 Å². The molecule has 4 heteroatoms. The van der Waals surface area contributed by atoms with Crippen LogP contribution >= 0.6 is 12.2 Å². The smallest absolute Gasteiger partial charge is 0.251 e. The largest absolute Gasteiger partial charge is 0.348 e. The Labute approximate surface area is 83.3 Å². The van der Waals surface area contributed by atoms with Gasteiger partial charge >= 0.3 is 0 Å². The third-order valence-corrected chi connectivity index (χ3v) is 3.23. The van der Waals surface area contributed by atoms with E-state index in [2.05, 4.69) is 24.5 Å². The number of hydrogen-bond acceptors (Lipinski definition) is 2. The van der Waals surface area contributed by atoms with Crippen LogP contribution in [-0.2, 0) is 4.79 Å². The van der Waals surface area contributed by atoms with E-state index in [9.17, 15) is 4.79 Å². The van der Waals surface area contributed by atoms with Gasteiger partial charge in [-0.2, -0.15) is 0 Å². The van der Waals surface area contributed by atoms with Crippen LogP contribution in [0.2, 0.25) is 0 Å². The van der Waals surface area contributed by atoms with Crippen molar-refractivity contribution in [3.05, 3.63) is 0 Å². The fourth-order valence-corrected chi connectivity index (χ4v) is 2.66. The molecule has 1 aliphatic carbocycles. The molecular weight excluding hydrogens is 184 g/mol. The average Bonchev–Trinajstić information content (AvgIpc) is 2.38. The summed E-state index contributed by atoms with van der Waals surface area (Å²) in [5, 5.41) is 6.26. The maximum absolute atomic E-state index is 11.6. The van der Waals surface area contributed by atoms with Crippen molar-refractivity contribution in [3.63, 3.8) is 0 Å². The first-order chi connectivity index (χ1) is 5.94. The van der Waals surface area contributed by atoms with Crippen LogP contribution in [-0.4, -0.2) is 16.6 Å². The van der Waals surface area contributed by atoms with E-state index in [0.29, 0.717) is 5.11 Å². The van der Waals surface area contributed by atoms with Crippen molar-refractivity contribution in [1.82, 2.24) is 10.6 Å². The van der Waals surface area contributed by atoms with Gasteiger partial charge in [0.2, 0.25) is 0 Å². The van der Waals surface area contributed by atoms with E-state index < -0.39 is 0 Å². The van der Waals surface area contributed by atoms with Crippen LogP contribution in [0.15, 0.2) is 0 Å². The highest BCUT2D eigenvalue weighted by Crippen LogP contribution is 2.44. The van der Waals surface area contributed by atoms with Gasteiger partial charge in [0.1, 0.15) is 5.54 Å². The maximum Gasteiger partial charge on any atom is 0.251 e. The molecule has 2 fully saturated rings. The zero-order valence-corrected chi connectivity index (χ0v) is 8.75. The minimum Gasteiger partial charge on any atom is -0.348 e. The minimum atomic E-state index is -0.388. The summed E-state index contributed by atoms with van der Waals surface area (Å²) >= 11 is 4.94. The Kier molecular flexibility index (Phi) is 1.68. The van der Waals surface area contributed by atoms with Crippen LogP contribution in [0.1, 0.15) is 33.1 Å². The predicted molar refractivity (Wildman–Crippen MR) is 54.2 cm³/mol. The van der Waals surface area contributed by atoms with Crippen LogP contribution in [0.25, 0.3) is 0 Å². The molecule has 0 aromatic carbocycles. The Bertz CT molecular complexity index is 287. The van der Waals surface area contributed by atoms with E-state index in [1.54, 1.807) is 0 Å². The molecule has 1 saturated carbocycles.